The van der Waals surface area contributed by atoms with Gasteiger partial charge < -0.3 is 132 Å². The van der Waals surface area contributed by atoms with Gasteiger partial charge in [0.15, 0.2) is 11.9 Å². The van der Waals surface area contributed by atoms with E-state index in [1.54, 1.807) is 137 Å². The minimum Gasteiger partial charge on any atom is -0.508 e. The second-order valence-electron chi connectivity index (χ2n) is 37.3. The van der Waals surface area contributed by atoms with Crippen LogP contribution in [0.4, 0.5) is 0 Å². The number of aliphatic hydroxyl groups excluding tert-OH is 1. The van der Waals surface area contributed by atoms with Crippen molar-refractivity contribution in [3.05, 3.63) is 192 Å². The number of nitrogens with one attached hydrogen (secondary N) is 19. The number of carboxylic acids is 1. The normalized spacial score (nSPS) is 22.5. The SMILES string of the molecule is COc1ccc(C[C@H]2NC(=O)[C@H](C)N(C)C(=O)[C@H](CCCNC(=N)N)NC(=O)[C@H](Cc3ccc(-c4ccccc4)cc3)NC(=O)[C@H](C(C)C)NC(=O)[C@H](Cc3c[nH]c4ccccc34)NC(=O)[C@H](CC(=O)O)NC(=O)[C@H](Cc3ccc(O)cc3)NC(=O)[C@H](Cc3ccccc3)NC(=O)CSC[C@@H](C(=O)N[C@@H](C)C(N)=O)NC(=O)[C@H]([C@@H](C)O)NC(=O)[C@H](C(C)C)NC(=O)[C@H](CC(C)C)NC(=O)[C@H](CCCNC(=N)N)NC2=O)cc1. The van der Waals surface area contributed by atoms with Crippen LogP contribution < -0.4 is 107 Å². The Bertz CT molecular complexity index is 5740. The highest BCUT2D eigenvalue weighted by molar-refractivity contribution is 8.00. The number of aliphatic hydroxyl groups is 1. The molecule has 792 valence electrons. The van der Waals surface area contributed by atoms with E-state index >= 15 is 47.9 Å². The Morgan fingerprint density at radius 2 is 0.864 bits per heavy atom. The third-order valence-electron chi connectivity index (χ3n) is 24.4. The number of benzene rings is 6. The number of aromatic nitrogens is 1. The average molecular weight is 2050 g/mol. The van der Waals surface area contributed by atoms with Crippen LogP contribution in [0.25, 0.3) is 22.0 Å². The minimum atomic E-state index is -2.09. The predicted octanol–water partition coefficient (Wildman–Crippen LogP) is -0.311. The molecule has 0 unspecified atom stereocenters. The minimum absolute atomic E-state index is 0.0176. The Kier molecular flexibility index (Phi) is 45.3. The quantitative estimate of drug-likeness (QED) is 0.0156. The zero-order valence-corrected chi connectivity index (χ0v) is 84.8. The number of carbonyl (C=O) groups excluding carboxylic acids is 16. The number of phenolic OH excluding ortho intramolecular Hbond substituents is 1. The zero-order chi connectivity index (χ0) is 108. The van der Waals surface area contributed by atoms with Crippen LogP contribution in [0.5, 0.6) is 11.5 Å². The summed E-state index contributed by atoms with van der Waals surface area (Å²) in [5.74, 6) is -22.0. The monoisotopic (exact) mass is 2050 g/mol. The van der Waals surface area contributed by atoms with Gasteiger partial charge in [-0.2, -0.15) is 0 Å². The summed E-state index contributed by atoms with van der Waals surface area (Å²) in [6.07, 6.45) is -3.61. The molecule has 2 heterocycles. The number of nitrogens with zero attached hydrogens (tertiary/aromatic N) is 1. The van der Waals surface area contributed by atoms with E-state index in [9.17, 15) is 48.9 Å². The lowest BCUT2D eigenvalue weighted by Gasteiger charge is -2.32. The summed E-state index contributed by atoms with van der Waals surface area (Å²) in [4.78, 5) is 256. The molecule has 1 aromatic heterocycles. The first-order valence-corrected chi connectivity index (χ1v) is 49.5. The molecule has 45 heteroatoms. The summed E-state index contributed by atoms with van der Waals surface area (Å²) in [6.45, 7) is 13.3. The van der Waals surface area contributed by atoms with Crippen molar-refractivity contribution in [1.29, 1.82) is 10.8 Å². The number of aromatic hydroxyl groups is 1. The first-order valence-electron chi connectivity index (χ1n) is 48.3. The number of likely N-dealkylation sites (N-methyl/N-ethyl adjacent to an activating group) is 1. The van der Waals surface area contributed by atoms with Gasteiger partial charge in [0.2, 0.25) is 94.5 Å². The van der Waals surface area contributed by atoms with Gasteiger partial charge in [-0.05, 0) is 140 Å². The van der Waals surface area contributed by atoms with Crippen LogP contribution in [0.15, 0.2) is 164 Å². The van der Waals surface area contributed by atoms with Gasteiger partial charge in [-0.25, -0.2) is 0 Å². The fourth-order valence-corrected chi connectivity index (χ4v) is 16.9. The van der Waals surface area contributed by atoms with Gasteiger partial charge >= 0.3 is 5.97 Å². The summed E-state index contributed by atoms with van der Waals surface area (Å²) >= 11 is 0.704. The number of carbonyl (C=O) groups is 17. The van der Waals surface area contributed by atoms with Crippen LogP contribution in [0.3, 0.4) is 0 Å². The van der Waals surface area contributed by atoms with Crippen molar-refractivity contribution in [3.8, 4) is 22.6 Å². The molecule has 0 spiro atoms. The van der Waals surface area contributed by atoms with Gasteiger partial charge in [-0.1, -0.05) is 169 Å². The average Bonchev–Trinajstić information content (AvgIpc) is 1.72. The molecule has 28 N–H and O–H groups in total. The maximum absolute atomic E-state index is 15.6. The fraction of sp³-hybridized carbons (Fsp3) is 0.441. The van der Waals surface area contributed by atoms with Crippen LogP contribution >= 0.6 is 11.8 Å². The van der Waals surface area contributed by atoms with E-state index in [1.807, 2.05) is 30.3 Å². The number of hydrogen-bond donors (Lipinski definition) is 25. The largest absolute Gasteiger partial charge is 0.508 e. The highest BCUT2D eigenvalue weighted by Crippen LogP contribution is 2.25. The van der Waals surface area contributed by atoms with Crippen LogP contribution in [-0.4, -0.2) is 273 Å². The summed E-state index contributed by atoms with van der Waals surface area (Å²) in [5, 5.41) is 90.8. The van der Waals surface area contributed by atoms with Crippen molar-refractivity contribution in [2.75, 3.05) is 38.8 Å². The molecule has 1 aliphatic rings. The van der Waals surface area contributed by atoms with Crippen LogP contribution in [0.1, 0.15) is 129 Å². The highest BCUT2D eigenvalue weighted by atomic mass is 32.2. The fourth-order valence-electron chi connectivity index (χ4n) is 16.0. The van der Waals surface area contributed by atoms with Gasteiger partial charge in [0, 0.05) is 75.1 Å². The molecule has 44 nitrogen and oxygen atoms in total. The molecular formula is C102H137N23O21S. The summed E-state index contributed by atoms with van der Waals surface area (Å²) in [7, 11) is 2.68. The maximum Gasteiger partial charge on any atom is 0.305 e. The standard InChI is InChI=1S/C102H137N23O21S/c1-54(2)44-73-94(139)123-84(56(5)6)98(143)124-85(59(9)126)99(144)121-80(96(141)111-57(7)86(103)131)52-147-53-81(128)112-74(45-60-22-14-12-15-23-60)89(134)117-76(47-62-32-38-67(127)39-33-62)92(137)119-79(50-82(129)130)93(138)118-78(49-66-51-110-70-27-19-18-26-69(66)70)95(140)122-83(55(3)4)97(142)120-77(46-61-30-36-65(37-31-61)64-24-16-13-17-25-64)91(136)114-72(29-21-43-109-102(106)107)100(145)125(10)58(8)87(132)115-75(48-63-34-40-68(146-11)41-35-63)90(135)113-71(88(133)116-73)28-20-42-108-101(104)105/h12-19,22-27,30-41,51,54-59,71-80,83-85,110,126-127H,20-21,28-29,42-50,52-53H2,1-11H3,(H2,103,131)(H,111,141)(H,112,128)(H,113,135)(H,114,136)(H,115,132)(H,116,133)(H,117,134)(H,118,138)(H,119,137)(H,120,142)(H,121,144)(H,122,140)(H,123,139)(H,124,143)(H,129,130)(H4,104,105,108)(H4,106,107,109)/t57-,58-,59+,71-,72-,73-,74-,75+,76-,77-,78-,79-,80-,83-,84-,85-/m0/s1. The smallest absolute Gasteiger partial charge is 0.305 e. The number of methoxy groups -OCH3 is 1. The molecule has 0 radical (unpaired) electrons. The number of aliphatic carboxylic acids is 1. The lowest BCUT2D eigenvalue weighted by atomic mass is 9.98. The zero-order valence-electron chi connectivity index (χ0n) is 83.9. The Balaban J connectivity index is 1.24. The van der Waals surface area contributed by atoms with Crippen molar-refractivity contribution in [2.45, 2.75) is 230 Å². The Hall–Kier alpha value is -15.7. The van der Waals surface area contributed by atoms with E-state index < -0.39 is 245 Å². The number of ether oxygens (including phenoxy) is 1. The van der Waals surface area contributed by atoms with Crippen LogP contribution in [-0.2, 0) is 114 Å². The summed E-state index contributed by atoms with van der Waals surface area (Å²) < 4.78 is 5.41. The summed E-state index contributed by atoms with van der Waals surface area (Å²) in [5.41, 5.74) is 21.2. The number of nitrogens with two attached hydrogens (primary N) is 3. The number of amides is 16. The van der Waals surface area contributed by atoms with E-state index in [0.717, 1.165) is 23.0 Å². The van der Waals surface area contributed by atoms with Gasteiger partial charge in [-0.3, -0.25) is 92.3 Å². The molecule has 16 atom stereocenters. The van der Waals surface area contributed by atoms with Crippen LogP contribution in [0.2, 0.25) is 0 Å². The molecule has 1 fully saturated rings. The molecule has 0 aliphatic carbocycles. The summed E-state index contributed by atoms with van der Waals surface area (Å²) in [6, 6.07) is 18.2. The lowest BCUT2D eigenvalue weighted by Crippen LogP contribution is -2.63. The number of thioether (sulfide) groups is 1. The Morgan fingerprint density at radius 3 is 1.37 bits per heavy atom. The van der Waals surface area contributed by atoms with Crippen molar-refractivity contribution in [2.24, 2.45) is 35.0 Å². The number of H-pyrrole nitrogens is 1. The van der Waals surface area contributed by atoms with Crippen molar-refractivity contribution in [1.82, 2.24) is 95.0 Å². The Labute approximate surface area is 855 Å². The predicted molar refractivity (Wildman–Crippen MR) is 549 cm³/mol. The van der Waals surface area contributed by atoms with Gasteiger partial charge in [0.25, 0.3) is 0 Å². The molecule has 7 aromatic rings. The number of phenols is 1. The van der Waals surface area contributed by atoms with E-state index in [2.05, 4.69) is 90.1 Å². The molecular weight excluding hydrogens is 1920 g/mol. The Morgan fingerprint density at radius 1 is 0.463 bits per heavy atom. The number of fused-ring (bicyclic) bond motifs is 1. The molecule has 1 aliphatic heterocycles. The molecule has 8 rings (SSSR count). The van der Waals surface area contributed by atoms with E-state index in [1.165, 1.54) is 66.1 Å². The number of guanidine groups is 2. The molecule has 16 amide bonds. The van der Waals surface area contributed by atoms with E-state index in [0.29, 0.717) is 50.7 Å². The number of rotatable bonds is 30. The number of hydrogen-bond acceptors (Lipinski definition) is 23. The topological polar surface area (TPSA) is 697 Å². The van der Waals surface area contributed by atoms with Gasteiger partial charge in [0.1, 0.15) is 102 Å². The lowest BCUT2D eigenvalue weighted by molar-refractivity contribution is -0.142. The molecule has 0 bridgehead atoms. The number of carboxylic acid groups (broad SMARTS) is 1. The third-order valence-corrected chi connectivity index (χ3v) is 25.4. The first kappa shape index (κ1) is 117. The van der Waals surface area contributed by atoms with Gasteiger partial charge in [0.05, 0.1) is 25.4 Å². The van der Waals surface area contributed by atoms with Crippen molar-refractivity contribution < 1.29 is 102 Å². The van der Waals surface area contributed by atoms with Gasteiger partial charge in [-0.15, -0.1) is 11.8 Å². The second kappa shape index (κ2) is 57.1. The highest BCUT2D eigenvalue weighted by Gasteiger charge is 2.42. The molecule has 1 saturated heterocycles. The van der Waals surface area contributed by atoms with Crippen molar-refractivity contribution in [3.63, 3.8) is 0 Å². The number of primary amides is 1. The second-order valence-corrected chi connectivity index (χ2v) is 38.3. The number of aromatic amines is 1. The molecule has 147 heavy (non-hydrogen) atoms. The molecule has 6 aromatic carbocycles. The van der Waals surface area contributed by atoms with E-state index in [-0.39, 0.29) is 88.1 Å². The number of para-hydroxylation sites is 1. The van der Waals surface area contributed by atoms with E-state index in [4.69, 9.17) is 32.8 Å². The van der Waals surface area contributed by atoms with Crippen LogP contribution in [0, 0.1) is 28.6 Å². The third kappa shape index (κ3) is 37.1. The first-order chi connectivity index (χ1) is 69.8. The maximum atomic E-state index is 15.6. The molecule has 0 saturated carbocycles. The van der Waals surface area contributed by atoms with Crippen molar-refractivity contribution >= 4 is 135 Å².